The normalized spacial score (nSPS) is 12.6. The second kappa shape index (κ2) is 6.43. The third kappa shape index (κ3) is 4.14. The van der Waals surface area contributed by atoms with Gasteiger partial charge < -0.3 is 5.32 Å². The Morgan fingerprint density at radius 2 is 1.84 bits per heavy atom. The van der Waals surface area contributed by atoms with E-state index in [0.29, 0.717) is 6.04 Å². The van der Waals surface area contributed by atoms with Crippen LogP contribution in [0.2, 0.25) is 0 Å². The van der Waals surface area contributed by atoms with Crippen molar-refractivity contribution >= 4 is 0 Å². The number of nitrogens with one attached hydrogen (secondary N) is 1. The third-order valence-corrected chi connectivity index (χ3v) is 2.92. The van der Waals surface area contributed by atoms with Crippen LogP contribution in [0.5, 0.6) is 0 Å². The van der Waals surface area contributed by atoms with Gasteiger partial charge in [0.05, 0.1) is 17.9 Å². The molecule has 0 saturated heterocycles. The molecule has 0 fully saturated rings. The molecule has 19 heavy (non-hydrogen) atoms. The van der Waals surface area contributed by atoms with E-state index in [1.54, 1.807) is 6.07 Å². The highest BCUT2D eigenvalue weighted by molar-refractivity contribution is 5.19. The fourth-order valence-electron chi connectivity index (χ4n) is 2.09. The second-order valence-electron chi connectivity index (χ2n) is 4.96. The average Bonchev–Trinajstić information content (AvgIpc) is 2.39. The highest BCUT2D eigenvalue weighted by Crippen LogP contribution is 2.17. The smallest absolute Gasteiger partial charge is 0.141 e. The van der Waals surface area contributed by atoms with Crippen LogP contribution in [0.3, 0.4) is 0 Å². The molecule has 0 aliphatic heterocycles. The lowest BCUT2D eigenvalue weighted by molar-refractivity contribution is 0.464. The van der Waals surface area contributed by atoms with E-state index in [1.165, 1.54) is 17.8 Å². The summed E-state index contributed by atoms with van der Waals surface area (Å²) in [6.07, 6.45) is 2.12. The van der Waals surface area contributed by atoms with E-state index < -0.39 is 0 Å². The van der Waals surface area contributed by atoms with Gasteiger partial charge in [0.15, 0.2) is 0 Å². The summed E-state index contributed by atoms with van der Waals surface area (Å²) in [7, 11) is 0. The van der Waals surface area contributed by atoms with Crippen molar-refractivity contribution in [3.8, 4) is 0 Å². The van der Waals surface area contributed by atoms with Crippen LogP contribution in [-0.4, -0.2) is 11.0 Å². The Balaban J connectivity index is 2.18. The predicted octanol–water partition coefficient (Wildman–Crippen LogP) is 3.50. The molecule has 1 atom stereocenters. The van der Waals surface area contributed by atoms with E-state index in [0.717, 1.165) is 12.1 Å². The van der Waals surface area contributed by atoms with Crippen LogP contribution in [-0.2, 0) is 6.42 Å². The predicted molar refractivity (Wildman–Crippen MR) is 75.4 cm³/mol. The van der Waals surface area contributed by atoms with Crippen LogP contribution in [0, 0.1) is 5.82 Å². The quantitative estimate of drug-likeness (QED) is 0.887. The fourth-order valence-corrected chi connectivity index (χ4v) is 2.09. The van der Waals surface area contributed by atoms with E-state index in [2.05, 4.69) is 36.3 Å². The average molecular weight is 258 g/mol. The molecule has 1 aromatic carbocycles. The van der Waals surface area contributed by atoms with Gasteiger partial charge in [0.25, 0.3) is 0 Å². The van der Waals surface area contributed by atoms with Crippen molar-refractivity contribution in [2.45, 2.75) is 32.4 Å². The molecule has 0 amide bonds. The monoisotopic (exact) mass is 258 g/mol. The molecule has 0 bridgehead atoms. The maximum atomic E-state index is 13.0. The van der Waals surface area contributed by atoms with Gasteiger partial charge in [0.1, 0.15) is 5.82 Å². The SMILES string of the molecule is CC(C)NC(Cc1ccccc1)c1ccc(F)cn1. The molecule has 1 aromatic heterocycles. The lowest BCUT2D eigenvalue weighted by Gasteiger charge is -2.21. The maximum Gasteiger partial charge on any atom is 0.141 e. The van der Waals surface area contributed by atoms with Gasteiger partial charge in [-0.15, -0.1) is 0 Å². The minimum atomic E-state index is -0.299. The van der Waals surface area contributed by atoms with E-state index in [1.807, 2.05) is 18.2 Å². The number of nitrogens with zero attached hydrogens (tertiary/aromatic N) is 1. The van der Waals surface area contributed by atoms with Crippen LogP contribution in [0.25, 0.3) is 0 Å². The van der Waals surface area contributed by atoms with Gasteiger partial charge in [-0.05, 0) is 24.1 Å². The van der Waals surface area contributed by atoms with Crippen LogP contribution >= 0.6 is 0 Å². The van der Waals surface area contributed by atoms with Gasteiger partial charge >= 0.3 is 0 Å². The van der Waals surface area contributed by atoms with Crippen molar-refractivity contribution in [2.24, 2.45) is 0 Å². The fraction of sp³-hybridized carbons (Fsp3) is 0.312. The molecule has 0 aliphatic rings. The van der Waals surface area contributed by atoms with Crippen LogP contribution in [0.1, 0.15) is 31.1 Å². The number of benzene rings is 1. The molecule has 0 saturated carbocycles. The Labute approximate surface area is 113 Å². The Hall–Kier alpha value is -1.74. The molecule has 2 aromatic rings. The van der Waals surface area contributed by atoms with Gasteiger partial charge in [0.2, 0.25) is 0 Å². The molecule has 0 spiro atoms. The number of halogens is 1. The van der Waals surface area contributed by atoms with Crippen LogP contribution in [0.4, 0.5) is 4.39 Å². The molecule has 1 N–H and O–H groups in total. The Morgan fingerprint density at radius 1 is 1.11 bits per heavy atom. The first kappa shape index (κ1) is 13.7. The summed E-state index contributed by atoms with van der Waals surface area (Å²) in [6.45, 7) is 4.20. The van der Waals surface area contributed by atoms with Crippen molar-refractivity contribution in [2.75, 3.05) is 0 Å². The molecule has 1 heterocycles. The lowest BCUT2D eigenvalue weighted by Crippen LogP contribution is -2.30. The van der Waals surface area contributed by atoms with Gasteiger partial charge in [-0.25, -0.2) is 4.39 Å². The molecule has 2 rings (SSSR count). The van der Waals surface area contributed by atoms with Crippen molar-refractivity contribution in [3.63, 3.8) is 0 Å². The summed E-state index contributed by atoms with van der Waals surface area (Å²) in [4.78, 5) is 4.19. The zero-order valence-electron chi connectivity index (χ0n) is 11.3. The number of aromatic nitrogens is 1. The molecule has 100 valence electrons. The van der Waals surface area contributed by atoms with Crippen molar-refractivity contribution in [1.29, 1.82) is 0 Å². The zero-order chi connectivity index (χ0) is 13.7. The molecule has 3 heteroatoms. The van der Waals surface area contributed by atoms with E-state index in [9.17, 15) is 4.39 Å². The number of hydrogen-bond donors (Lipinski definition) is 1. The van der Waals surface area contributed by atoms with Gasteiger partial charge in [-0.1, -0.05) is 44.2 Å². The second-order valence-corrected chi connectivity index (χ2v) is 4.96. The number of pyridine rings is 1. The summed E-state index contributed by atoms with van der Waals surface area (Å²) in [5, 5.41) is 3.48. The topological polar surface area (TPSA) is 24.9 Å². The summed E-state index contributed by atoms with van der Waals surface area (Å²) in [5.41, 5.74) is 2.12. The summed E-state index contributed by atoms with van der Waals surface area (Å²) in [5.74, 6) is -0.299. The van der Waals surface area contributed by atoms with E-state index >= 15 is 0 Å². The highest BCUT2D eigenvalue weighted by Gasteiger charge is 2.14. The molecule has 1 unspecified atom stereocenters. The van der Waals surface area contributed by atoms with E-state index in [4.69, 9.17) is 0 Å². The lowest BCUT2D eigenvalue weighted by atomic mass is 10.0. The van der Waals surface area contributed by atoms with Crippen molar-refractivity contribution in [3.05, 3.63) is 65.7 Å². The molecular formula is C16H19FN2. The first-order chi connectivity index (χ1) is 9.15. The highest BCUT2D eigenvalue weighted by atomic mass is 19.1. The minimum absolute atomic E-state index is 0.100. The van der Waals surface area contributed by atoms with Gasteiger partial charge in [-0.2, -0.15) is 0 Å². The third-order valence-electron chi connectivity index (χ3n) is 2.92. The number of hydrogen-bond acceptors (Lipinski definition) is 2. The molecular weight excluding hydrogens is 239 g/mol. The molecule has 0 aliphatic carbocycles. The minimum Gasteiger partial charge on any atom is -0.306 e. The van der Waals surface area contributed by atoms with Crippen LogP contribution in [0.15, 0.2) is 48.7 Å². The Kier molecular flexibility index (Phi) is 4.63. The van der Waals surface area contributed by atoms with E-state index in [-0.39, 0.29) is 11.9 Å². The van der Waals surface area contributed by atoms with Gasteiger partial charge in [-0.3, -0.25) is 4.98 Å². The first-order valence-electron chi connectivity index (χ1n) is 6.56. The van der Waals surface area contributed by atoms with Crippen molar-refractivity contribution in [1.82, 2.24) is 10.3 Å². The Morgan fingerprint density at radius 3 is 2.42 bits per heavy atom. The molecule has 2 nitrogen and oxygen atoms in total. The summed E-state index contributed by atoms with van der Waals surface area (Å²) < 4.78 is 13.0. The first-order valence-corrected chi connectivity index (χ1v) is 6.56. The summed E-state index contributed by atoms with van der Waals surface area (Å²) >= 11 is 0. The van der Waals surface area contributed by atoms with Crippen LogP contribution < -0.4 is 5.32 Å². The van der Waals surface area contributed by atoms with Crippen molar-refractivity contribution < 1.29 is 4.39 Å². The summed E-state index contributed by atoms with van der Waals surface area (Å²) in [6, 6.07) is 13.9. The largest absolute Gasteiger partial charge is 0.306 e. The number of rotatable bonds is 5. The zero-order valence-corrected chi connectivity index (χ0v) is 11.3. The molecule has 0 radical (unpaired) electrons. The van der Waals surface area contributed by atoms with Gasteiger partial charge in [0, 0.05) is 6.04 Å². The Bertz CT molecular complexity index is 494. The standard InChI is InChI=1S/C16H19FN2/c1-12(2)19-16(10-13-6-4-3-5-7-13)15-9-8-14(17)11-18-15/h3-9,11-12,16,19H,10H2,1-2H3. The maximum absolute atomic E-state index is 13.0.